The Hall–Kier alpha value is -5.30. The van der Waals surface area contributed by atoms with Crippen LogP contribution in [-0.4, -0.2) is 42.4 Å². The summed E-state index contributed by atoms with van der Waals surface area (Å²) in [5, 5.41) is 51.4. The highest BCUT2D eigenvalue weighted by molar-refractivity contribution is 5.95. The van der Waals surface area contributed by atoms with Crippen molar-refractivity contribution in [1.29, 1.82) is 5.26 Å². The van der Waals surface area contributed by atoms with Gasteiger partial charge in [0.05, 0.1) is 58.6 Å². The summed E-state index contributed by atoms with van der Waals surface area (Å²) in [5.74, 6) is 0.128. The van der Waals surface area contributed by atoms with Gasteiger partial charge in [0, 0.05) is 23.6 Å². The van der Waals surface area contributed by atoms with Crippen molar-refractivity contribution in [2.24, 2.45) is 0 Å². The van der Waals surface area contributed by atoms with Gasteiger partial charge in [-0.1, -0.05) is 66.7 Å². The average Bonchev–Trinajstić information content (AvgIpc) is 3.71. The molecule has 3 N–H and O–H groups in total. The van der Waals surface area contributed by atoms with Crippen molar-refractivity contribution in [2.45, 2.75) is 43.6 Å². The zero-order chi connectivity index (χ0) is 30.9. The van der Waals surface area contributed by atoms with E-state index in [-0.39, 0.29) is 24.8 Å². The standard InChI is InChI=1S/C36H30N4O5/c1-35-29(41)19-36(45-35,17-18-44-32-26-13-7-8-14-27(26)39(38-32)21-22-9-3-2-4-10-22)31-30(35)33(42)40(34(31)43)28-16-15-23(20-37)24-11-5-6-12-25(24)28/h2-16,29,41-43H,17-19,21H2,1H3/t29-,35-,36+/m0/s1. The molecular weight excluding hydrogens is 568 g/mol. The fourth-order valence-corrected chi connectivity index (χ4v) is 7.32. The maximum atomic E-state index is 11.8. The fraction of sp³-hybridized carbons (Fsp3) is 0.222. The van der Waals surface area contributed by atoms with Crippen molar-refractivity contribution in [3.8, 4) is 29.4 Å². The van der Waals surface area contributed by atoms with Crippen molar-refractivity contribution in [2.75, 3.05) is 6.61 Å². The van der Waals surface area contributed by atoms with Crippen LogP contribution in [0.3, 0.4) is 0 Å². The van der Waals surface area contributed by atoms with E-state index in [1.165, 1.54) is 4.57 Å². The number of aliphatic hydroxyl groups is 1. The summed E-state index contributed by atoms with van der Waals surface area (Å²) in [4.78, 5) is 0. The molecule has 3 atom stereocenters. The molecule has 2 aromatic heterocycles. The molecule has 0 radical (unpaired) electrons. The van der Waals surface area contributed by atoms with Gasteiger partial charge in [-0.25, -0.2) is 0 Å². The second kappa shape index (κ2) is 9.86. The van der Waals surface area contributed by atoms with Gasteiger partial charge in [-0.15, -0.1) is 5.10 Å². The SMILES string of the molecule is C[C@]12O[C@](CCOc3nn(Cc4ccccc4)c4ccccc34)(C[C@@H]1O)c1c2c(O)n(-c2ccc(C#N)c3ccccc23)c1O. The molecule has 1 saturated heterocycles. The fourth-order valence-electron chi connectivity index (χ4n) is 7.32. The van der Waals surface area contributed by atoms with Gasteiger partial charge >= 0.3 is 0 Å². The number of rotatable bonds is 7. The third-order valence-electron chi connectivity index (χ3n) is 9.45. The lowest BCUT2D eigenvalue weighted by Gasteiger charge is -2.26. The molecule has 0 amide bonds. The average molecular weight is 599 g/mol. The number of benzene rings is 4. The van der Waals surface area contributed by atoms with Crippen molar-refractivity contribution in [3.05, 3.63) is 113 Å². The molecule has 6 aromatic rings. The summed E-state index contributed by atoms with van der Waals surface area (Å²) < 4.78 is 16.1. The van der Waals surface area contributed by atoms with Crippen LogP contribution in [0.5, 0.6) is 17.6 Å². The van der Waals surface area contributed by atoms with Crippen LogP contribution in [-0.2, 0) is 22.5 Å². The lowest BCUT2D eigenvalue weighted by Crippen LogP contribution is -2.33. The molecular formula is C36H30N4O5. The summed E-state index contributed by atoms with van der Waals surface area (Å²) in [5.41, 5.74) is 1.58. The lowest BCUT2D eigenvalue weighted by atomic mass is 9.76. The summed E-state index contributed by atoms with van der Waals surface area (Å²) in [6, 6.07) is 31.0. The van der Waals surface area contributed by atoms with Gasteiger partial charge in [-0.05, 0) is 36.8 Å². The molecule has 2 aliphatic rings. The summed E-state index contributed by atoms with van der Waals surface area (Å²) >= 11 is 0. The van der Waals surface area contributed by atoms with E-state index >= 15 is 0 Å². The highest BCUT2D eigenvalue weighted by Crippen LogP contribution is 2.65. The normalized spacial score (nSPS) is 21.8. The summed E-state index contributed by atoms with van der Waals surface area (Å²) in [6.45, 7) is 2.53. The maximum absolute atomic E-state index is 11.8. The van der Waals surface area contributed by atoms with Gasteiger partial charge in [0.25, 0.3) is 0 Å². The number of hydrogen-bond donors (Lipinski definition) is 3. The van der Waals surface area contributed by atoms with E-state index in [1.54, 1.807) is 19.1 Å². The monoisotopic (exact) mass is 598 g/mol. The number of aromatic hydroxyl groups is 2. The second-order valence-corrected chi connectivity index (χ2v) is 12.0. The first-order valence-corrected chi connectivity index (χ1v) is 14.9. The zero-order valence-electron chi connectivity index (χ0n) is 24.5. The van der Waals surface area contributed by atoms with E-state index in [0.717, 1.165) is 16.5 Å². The van der Waals surface area contributed by atoms with Crippen LogP contribution in [0.25, 0.3) is 27.4 Å². The van der Waals surface area contributed by atoms with Crippen LogP contribution < -0.4 is 4.74 Å². The number of fused-ring (bicyclic) bond motifs is 7. The molecule has 4 heterocycles. The zero-order valence-corrected chi connectivity index (χ0v) is 24.5. The topological polar surface area (TPSA) is 126 Å². The Balaban J connectivity index is 1.15. The van der Waals surface area contributed by atoms with E-state index in [4.69, 9.17) is 14.6 Å². The number of nitriles is 1. The summed E-state index contributed by atoms with van der Waals surface area (Å²) in [6.07, 6.45) is -0.374. The largest absolute Gasteiger partial charge is 0.494 e. The van der Waals surface area contributed by atoms with Crippen molar-refractivity contribution in [3.63, 3.8) is 0 Å². The summed E-state index contributed by atoms with van der Waals surface area (Å²) in [7, 11) is 0. The third-order valence-corrected chi connectivity index (χ3v) is 9.45. The van der Waals surface area contributed by atoms with Crippen LogP contribution in [0.4, 0.5) is 0 Å². The number of hydrogen-bond acceptors (Lipinski definition) is 7. The molecule has 9 nitrogen and oxygen atoms in total. The predicted molar refractivity (Wildman–Crippen MR) is 167 cm³/mol. The molecule has 0 spiro atoms. The quantitative estimate of drug-likeness (QED) is 0.206. The van der Waals surface area contributed by atoms with Gasteiger partial charge in [0.15, 0.2) is 0 Å². The predicted octanol–water partition coefficient (Wildman–Crippen LogP) is 5.99. The number of ether oxygens (including phenoxy) is 2. The van der Waals surface area contributed by atoms with Gasteiger partial charge in [-0.2, -0.15) is 5.26 Å². The van der Waals surface area contributed by atoms with E-state index in [2.05, 4.69) is 18.2 Å². The van der Waals surface area contributed by atoms with Gasteiger partial charge in [0.2, 0.25) is 17.6 Å². The highest BCUT2D eigenvalue weighted by atomic mass is 16.6. The molecule has 9 heteroatoms. The van der Waals surface area contributed by atoms with Gasteiger partial charge < -0.3 is 24.8 Å². The van der Waals surface area contributed by atoms with Gasteiger partial charge in [-0.3, -0.25) is 9.25 Å². The first-order valence-electron chi connectivity index (χ1n) is 14.9. The minimum Gasteiger partial charge on any atom is -0.494 e. The third kappa shape index (κ3) is 3.89. The number of nitrogens with zero attached hydrogens (tertiary/aromatic N) is 4. The second-order valence-electron chi connectivity index (χ2n) is 12.0. The minimum absolute atomic E-state index is 0.162. The smallest absolute Gasteiger partial charge is 0.240 e. The molecule has 4 aromatic carbocycles. The lowest BCUT2D eigenvalue weighted by molar-refractivity contribution is -0.107. The van der Waals surface area contributed by atoms with E-state index in [1.807, 2.05) is 71.4 Å². The van der Waals surface area contributed by atoms with E-state index in [9.17, 15) is 20.6 Å². The van der Waals surface area contributed by atoms with Crippen LogP contribution in [0.15, 0.2) is 91.0 Å². The Bertz CT molecular complexity index is 2160. The van der Waals surface area contributed by atoms with Crippen molar-refractivity contribution >= 4 is 21.7 Å². The Labute approximate surface area is 258 Å². The van der Waals surface area contributed by atoms with Crippen LogP contribution in [0.1, 0.15) is 42.0 Å². The Morgan fingerprint density at radius 2 is 1.60 bits per heavy atom. The minimum atomic E-state index is -1.23. The van der Waals surface area contributed by atoms with Crippen LogP contribution in [0.2, 0.25) is 0 Å². The first kappa shape index (κ1) is 27.3. The number of aliphatic hydroxyl groups excluding tert-OH is 1. The maximum Gasteiger partial charge on any atom is 0.240 e. The Morgan fingerprint density at radius 1 is 0.911 bits per heavy atom. The molecule has 0 unspecified atom stereocenters. The molecule has 45 heavy (non-hydrogen) atoms. The Morgan fingerprint density at radius 3 is 2.38 bits per heavy atom. The van der Waals surface area contributed by atoms with Crippen molar-refractivity contribution < 1.29 is 24.8 Å². The number of para-hydroxylation sites is 1. The van der Waals surface area contributed by atoms with Crippen molar-refractivity contribution in [1.82, 2.24) is 14.3 Å². The Kier molecular flexibility index (Phi) is 5.97. The van der Waals surface area contributed by atoms with E-state index in [0.29, 0.717) is 52.0 Å². The molecule has 224 valence electrons. The van der Waals surface area contributed by atoms with Crippen LogP contribution >= 0.6 is 0 Å². The highest BCUT2D eigenvalue weighted by Gasteiger charge is 2.66. The number of aromatic nitrogens is 3. The molecule has 0 aliphatic carbocycles. The molecule has 8 rings (SSSR count). The molecule has 0 saturated carbocycles. The molecule has 2 aliphatic heterocycles. The van der Waals surface area contributed by atoms with E-state index < -0.39 is 17.3 Å². The molecule has 2 bridgehead atoms. The molecule has 1 fully saturated rings. The van der Waals surface area contributed by atoms with Crippen LogP contribution in [0, 0.1) is 11.3 Å². The van der Waals surface area contributed by atoms with Gasteiger partial charge in [0.1, 0.15) is 11.2 Å². The first-order chi connectivity index (χ1) is 21.8.